The van der Waals surface area contributed by atoms with Crippen molar-refractivity contribution in [3.63, 3.8) is 0 Å². The van der Waals surface area contributed by atoms with Crippen molar-refractivity contribution in [1.29, 1.82) is 0 Å². The van der Waals surface area contributed by atoms with Gasteiger partial charge in [0.2, 0.25) is 5.91 Å². The molecule has 0 saturated heterocycles. The molecule has 1 aliphatic carbocycles. The van der Waals surface area contributed by atoms with Gasteiger partial charge in [0.05, 0.1) is 26.3 Å². The van der Waals surface area contributed by atoms with Gasteiger partial charge in [-0.3, -0.25) is 9.59 Å². The summed E-state index contributed by atoms with van der Waals surface area (Å²) < 4.78 is 10.5. The molecule has 1 aromatic carbocycles. The Hall–Kier alpha value is -3.80. The molecule has 6 nitrogen and oxygen atoms in total. The molecular formula is C27H32N2O4. The molecule has 2 rings (SSSR count). The van der Waals surface area contributed by atoms with Crippen molar-refractivity contribution in [1.82, 2.24) is 10.6 Å². The predicted molar refractivity (Wildman–Crippen MR) is 131 cm³/mol. The van der Waals surface area contributed by atoms with Crippen molar-refractivity contribution in [3.05, 3.63) is 109 Å². The normalized spacial score (nSPS) is 14.5. The van der Waals surface area contributed by atoms with Crippen molar-refractivity contribution in [3.8, 4) is 0 Å². The second kappa shape index (κ2) is 13.6. The van der Waals surface area contributed by atoms with Crippen LogP contribution >= 0.6 is 0 Å². The number of allylic oxidation sites excluding steroid dienone is 5. The minimum Gasteiger partial charge on any atom is -0.500 e. The molecule has 0 saturated carbocycles. The lowest BCUT2D eigenvalue weighted by Gasteiger charge is -2.20. The van der Waals surface area contributed by atoms with Crippen molar-refractivity contribution >= 4 is 11.8 Å². The monoisotopic (exact) mass is 448 g/mol. The van der Waals surface area contributed by atoms with E-state index in [1.807, 2.05) is 54.7 Å². The summed E-state index contributed by atoms with van der Waals surface area (Å²) in [5.41, 5.74) is 1.23. The minimum atomic E-state index is -0.396. The molecule has 2 N–H and O–H groups in total. The Bertz CT molecular complexity index is 958. The van der Waals surface area contributed by atoms with Gasteiger partial charge < -0.3 is 20.1 Å². The van der Waals surface area contributed by atoms with Crippen LogP contribution in [0.25, 0.3) is 0 Å². The van der Waals surface area contributed by atoms with E-state index in [0.29, 0.717) is 41.9 Å². The third kappa shape index (κ3) is 8.33. The first kappa shape index (κ1) is 25.5. The molecule has 2 amide bonds. The summed E-state index contributed by atoms with van der Waals surface area (Å²) in [4.78, 5) is 25.2. The molecular weight excluding hydrogens is 416 g/mol. The van der Waals surface area contributed by atoms with Crippen molar-refractivity contribution in [2.75, 3.05) is 14.2 Å². The third-order valence-electron chi connectivity index (χ3n) is 5.14. The number of nitrogens with one attached hydrogen (secondary N) is 2. The third-order valence-corrected chi connectivity index (χ3v) is 5.14. The number of hydrogen-bond donors (Lipinski definition) is 2. The topological polar surface area (TPSA) is 76.7 Å². The fourth-order valence-corrected chi connectivity index (χ4v) is 3.12. The summed E-state index contributed by atoms with van der Waals surface area (Å²) in [6.45, 7) is 7.80. The van der Waals surface area contributed by atoms with E-state index in [-0.39, 0.29) is 17.9 Å². The molecule has 2 unspecified atom stereocenters. The summed E-state index contributed by atoms with van der Waals surface area (Å²) in [5.74, 6) is 0.550. The Kier molecular flexibility index (Phi) is 10.5. The second-order valence-electron chi connectivity index (χ2n) is 7.41. The van der Waals surface area contributed by atoms with Gasteiger partial charge in [0.25, 0.3) is 5.91 Å². The zero-order valence-corrected chi connectivity index (χ0v) is 19.3. The van der Waals surface area contributed by atoms with Gasteiger partial charge in [0, 0.05) is 11.1 Å². The molecule has 33 heavy (non-hydrogen) atoms. The highest BCUT2D eigenvalue weighted by molar-refractivity contribution is 5.95. The quantitative estimate of drug-likeness (QED) is 0.368. The zero-order valence-electron chi connectivity index (χ0n) is 19.3. The van der Waals surface area contributed by atoms with E-state index in [1.54, 1.807) is 18.2 Å². The average Bonchev–Trinajstić information content (AvgIpc) is 3.14. The fraction of sp³-hybridized carbons (Fsp3) is 0.259. The lowest BCUT2D eigenvalue weighted by Crippen LogP contribution is -2.37. The largest absolute Gasteiger partial charge is 0.500 e. The van der Waals surface area contributed by atoms with E-state index >= 15 is 0 Å². The first-order chi connectivity index (χ1) is 16.0. The second-order valence-corrected chi connectivity index (χ2v) is 7.41. The molecule has 6 heteroatoms. The summed E-state index contributed by atoms with van der Waals surface area (Å²) >= 11 is 0. The van der Waals surface area contributed by atoms with Crippen LogP contribution in [0.5, 0.6) is 0 Å². The van der Waals surface area contributed by atoms with Crippen LogP contribution in [0, 0.1) is 0 Å². The Morgan fingerprint density at radius 1 is 0.909 bits per heavy atom. The number of hydrogen-bond acceptors (Lipinski definition) is 4. The molecule has 1 aromatic rings. The highest BCUT2D eigenvalue weighted by Gasteiger charge is 2.19. The fourth-order valence-electron chi connectivity index (χ4n) is 3.12. The van der Waals surface area contributed by atoms with Crippen molar-refractivity contribution in [2.45, 2.75) is 31.3 Å². The molecule has 1 aliphatic rings. The summed E-state index contributed by atoms with van der Waals surface area (Å²) in [7, 11) is 3.05. The Morgan fingerprint density at radius 3 is 2.06 bits per heavy atom. The van der Waals surface area contributed by atoms with Gasteiger partial charge in [-0.2, -0.15) is 0 Å². The lowest BCUT2D eigenvalue weighted by molar-refractivity contribution is -0.118. The van der Waals surface area contributed by atoms with E-state index in [9.17, 15) is 9.59 Å². The predicted octanol–water partition coefficient (Wildman–Crippen LogP) is 4.37. The summed E-state index contributed by atoms with van der Waals surface area (Å²) in [5, 5.41) is 5.92. The first-order valence-electron chi connectivity index (χ1n) is 10.8. The molecule has 0 radical (unpaired) electrons. The zero-order chi connectivity index (χ0) is 24.1. The van der Waals surface area contributed by atoms with Gasteiger partial charge in [-0.15, -0.1) is 0 Å². The van der Waals surface area contributed by atoms with E-state index in [0.717, 1.165) is 0 Å². The van der Waals surface area contributed by atoms with Gasteiger partial charge in [-0.25, -0.2) is 0 Å². The molecule has 0 fully saturated rings. The van der Waals surface area contributed by atoms with Crippen LogP contribution in [0.4, 0.5) is 0 Å². The molecule has 0 heterocycles. The molecule has 174 valence electrons. The minimum absolute atomic E-state index is 0.163. The number of amides is 2. The lowest BCUT2D eigenvalue weighted by atomic mass is 10.1. The van der Waals surface area contributed by atoms with Gasteiger partial charge in [-0.1, -0.05) is 73.9 Å². The molecule has 0 aromatic heterocycles. The highest BCUT2D eigenvalue weighted by Crippen LogP contribution is 2.13. The van der Waals surface area contributed by atoms with Crippen LogP contribution in [0.15, 0.2) is 103 Å². The van der Waals surface area contributed by atoms with E-state index in [4.69, 9.17) is 9.47 Å². The number of rotatable bonds is 12. The molecule has 0 spiro atoms. The summed E-state index contributed by atoms with van der Waals surface area (Å²) in [6.07, 6.45) is 14.7. The van der Waals surface area contributed by atoms with E-state index in [2.05, 4.69) is 23.8 Å². The molecule has 0 bridgehead atoms. The number of ether oxygens (including phenoxy) is 2. The number of methoxy groups -OCH3 is 2. The first-order valence-corrected chi connectivity index (χ1v) is 10.8. The summed E-state index contributed by atoms with van der Waals surface area (Å²) in [6, 6.07) is 8.18. The maximum absolute atomic E-state index is 12.7. The van der Waals surface area contributed by atoms with Crippen LogP contribution in [-0.2, 0) is 14.3 Å². The van der Waals surface area contributed by atoms with Gasteiger partial charge in [0.15, 0.2) is 0 Å². The van der Waals surface area contributed by atoms with Gasteiger partial charge in [0.1, 0.15) is 11.5 Å². The Balaban J connectivity index is 1.98. The van der Waals surface area contributed by atoms with Gasteiger partial charge >= 0.3 is 0 Å². The molecule has 2 atom stereocenters. The Labute approximate surface area is 196 Å². The highest BCUT2D eigenvalue weighted by atomic mass is 16.5. The maximum Gasteiger partial charge on any atom is 0.251 e. The van der Waals surface area contributed by atoms with Crippen LogP contribution in [0.3, 0.4) is 0 Å². The van der Waals surface area contributed by atoms with E-state index < -0.39 is 6.04 Å². The SMILES string of the molecule is C=C(OC)C(C/C=C/CC(NC(=O)c1ccccc1)C(=C)OC)NC(=O)C1=CC=CC=CC1. The molecule has 0 aliphatic heterocycles. The van der Waals surface area contributed by atoms with Crippen LogP contribution in [0.2, 0.25) is 0 Å². The average molecular weight is 449 g/mol. The number of carbonyl (C=O) groups is 2. The van der Waals surface area contributed by atoms with Crippen LogP contribution in [-0.4, -0.2) is 38.1 Å². The van der Waals surface area contributed by atoms with Crippen molar-refractivity contribution < 1.29 is 19.1 Å². The number of carbonyl (C=O) groups excluding carboxylic acids is 2. The van der Waals surface area contributed by atoms with Crippen LogP contribution in [0.1, 0.15) is 29.6 Å². The van der Waals surface area contributed by atoms with E-state index in [1.165, 1.54) is 14.2 Å². The maximum atomic E-state index is 12.7. The van der Waals surface area contributed by atoms with Crippen LogP contribution < -0.4 is 10.6 Å². The standard InChI is InChI=1S/C27H32N2O4/c1-20(32-3)24(28-26(30)22-14-8-5-6-9-15-22)18-12-13-19-25(21(2)33-4)29-27(31)23-16-10-7-11-17-23/h5-14,16-17,24-25H,1-2,15,18-19H2,3-4H3,(H,28,30)(H,29,31)/b13-12+. The van der Waals surface area contributed by atoms with Gasteiger partial charge in [-0.05, 0) is 31.4 Å². The smallest absolute Gasteiger partial charge is 0.251 e. The number of benzene rings is 1. The Morgan fingerprint density at radius 2 is 1.48 bits per heavy atom. The van der Waals surface area contributed by atoms with Crippen molar-refractivity contribution in [2.24, 2.45) is 0 Å².